The lowest BCUT2D eigenvalue weighted by Crippen LogP contribution is -2.13. The van der Waals surface area contributed by atoms with Crippen LogP contribution < -0.4 is 5.73 Å². The van der Waals surface area contributed by atoms with Crippen molar-refractivity contribution in [1.29, 1.82) is 0 Å². The van der Waals surface area contributed by atoms with Crippen molar-refractivity contribution >= 4 is 5.91 Å². The number of nitrogens with two attached hydrogens (primary N) is 1. The van der Waals surface area contributed by atoms with Crippen LogP contribution in [0.4, 0.5) is 0 Å². The number of rotatable bonds is 5. The normalized spacial score (nSPS) is 10.7. The minimum absolute atomic E-state index is 0.219. The molecule has 0 radical (unpaired) electrons. The molecule has 4 rings (SSSR count). The third-order valence-electron chi connectivity index (χ3n) is 4.29. The molecular formula is C23H18N2O2. The molecule has 4 nitrogen and oxygen atoms in total. The fourth-order valence-corrected chi connectivity index (χ4v) is 2.99. The highest BCUT2D eigenvalue weighted by atomic mass is 16.4. The number of primary amides is 1. The van der Waals surface area contributed by atoms with Gasteiger partial charge in [0.05, 0.1) is 6.42 Å². The van der Waals surface area contributed by atoms with Crippen molar-refractivity contribution in [2.24, 2.45) is 5.73 Å². The topological polar surface area (TPSA) is 69.1 Å². The van der Waals surface area contributed by atoms with E-state index in [0.29, 0.717) is 5.89 Å². The molecule has 0 aliphatic heterocycles. The Labute approximate surface area is 157 Å². The Morgan fingerprint density at radius 2 is 1.37 bits per heavy atom. The number of nitrogens with zero attached hydrogens (tertiary/aromatic N) is 1. The first-order chi connectivity index (χ1) is 13.2. The molecule has 0 bridgehead atoms. The molecule has 0 atom stereocenters. The molecule has 0 saturated carbocycles. The molecular weight excluding hydrogens is 336 g/mol. The number of carbonyl (C=O) groups is 1. The molecule has 0 unspecified atom stereocenters. The first kappa shape index (κ1) is 16.8. The molecule has 4 aromatic rings. The summed E-state index contributed by atoms with van der Waals surface area (Å²) in [5.74, 6) is 0.924. The van der Waals surface area contributed by atoms with Crippen molar-refractivity contribution in [2.75, 3.05) is 0 Å². The maximum absolute atomic E-state index is 11.1. The molecule has 132 valence electrons. The minimum Gasteiger partial charge on any atom is -0.435 e. The van der Waals surface area contributed by atoms with Gasteiger partial charge in [-0.3, -0.25) is 4.79 Å². The van der Waals surface area contributed by atoms with Crippen LogP contribution in [0.2, 0.25) is 0 Å². The van der Waals surface area contributed by atoms with E-state index in [9.17, 15) is 4.79 Å². The van der Waals surface area contributed by atoms with Crippen LogP contribution in [0.3, 0.4) is 0 Å². The van der Waals surface area contributed by atoms with Gasteiger partial charge in [-0.2, -0.15) is 0 Å². The highest BCUT2D eigenvalue weighted by Crippen LogP contribution is 2.35. The number of benzene rings is 3. The van der Waals surface area contributed by atoms with Crippen LogP contribution in [0.25, 0.3) is 34.0 Å². The number of oxazole rings is 1. The van der Waals surface area contributed by atoms with Gasteiger partial charge in [0.2, 0.25) is 11.8 Å². The maximum Gasteiger partial charge on any atom is 0.227 e. The number of hydrogen-bond acceptors (Lipinski definition) is 3. The SMILES string of the molecule is NC(=O)Cc1ccc(-c2nc(-c3ccccc3)c(-c3ccccc3)o2)cc1. The third-order valence-corrected chi connectivity index (χ3v) is 4.29. The van der Waals surface area contributed by atoms with Crippen LogP contribution in [-0.4, -0.2) is 10.9 Å². The van der Waals surface area contributed by atoms with Gasteiger partial charge in [-0.1, -0.05) is 72.8 Å². The van der Waals surface area contributed by atoms with Crippen molar-refractivity contribution in [3.63, 3.8) is 0 Å². The van der Waals surface area contributed by atoms with E-state index in [-0.39, 0.29) is 12.3 Å². The highest BCUT2D eigenvalue weighted by molar-refractivity contribution is 5.79. The predicted octanol–water partition coefficient (Wildman–Crippen LogP) is 4.70. The van der Waals surface area contributed by atoms with Gasteiger partial charge in [-0.05, 0) is 17.7 Å². The minimum atomic E-state index is -0.350. The van der Waals surface area contributed by atoms with E-state index in [1.54, 1.807) is 0 Å². The Kier molecular flexibility index (Phi) is 4.54. The molecule has 1 amide bonds. The monoisotopic (exact) mass is 354 g/mol. The summed E-state index contributed by atoms with van der Waals surface area (Å²) in [6.07, 6.45) is 0.219. The maximum atomic E-state index is 11.1. The molecule has 0 fully saturated rings. The van der Waals surface area contributed by atoms with Gasteiger partial charge >= 0.3 is 0 Å². The largest absolute Gasteiger partial charge is 0.435 e. The lowest BCUT2D eigenvalue weighted by atomic mass is 10.1. The zero-order chi connectivity index (χ0) is 18.6. The first-order valence-corrected chi connectivity index (χ1v) is 8.70. The second kappa shape index (κ2) is 7.30. The van der Waals surface area contributed by atoms with E-state index in [0.717, 1.165) is 33.7 Å². The smallest absolute Gasteiger partial charge is 0.227 e. The summed E-state index contributed by atoms with van der Waals surface area (Å²) in [6.45, 7) is 0. The van der Waals surface area contributed by atoms with Crippen molar-refractivity contribution in [2.45, 2.75) is 6.42 Å². The Balaban J connectivity index is 1.79. The van der Waals surface area contributed by atoms with Gasteiger partial charge < -0.3 is 10.2 Å². The summed E-state index contributed by atoms with van der Waals surface area (Å²) >= 11 is 0. The Morgan fingerprint density at radius 3 is 1.96 bits per heavy atom. The average molecular weight is 354 g/mol. The van der Waals surface area contributed by atoms with Crippen LogP contribution in [0.15, 0.2) is 89.3 Å². The number of hydrogen-bond donors (Lipinski definition) is 1. The van der Waals surface area contributed by atoms with Gasteiger partial charge in [-0.25, -0.2) is 4.98 Å². The van der Waals surface area contributed by atoms with Crippen LogP contribution >= 0.6 is 0 Å². The van der Waals surface area contributed by atoms with Gasteiger partial charge in [-0.15, -0.1) is 0 Å². The molecule has 1 heterocycles. The summed E-state index contributed by atoms with van der Waals surface area (Å²) in [5, 5.41) is 0. The van der Waals surface area contributed by atoms with Crippen molar-refractivity contribution in [3.05, 3.63) is 90.5 Å². The molecule has 0 aliphatic rings. The third kappa shape index (κ3) is 3.65. The molecule has 0 spiro atoms. The van der Waals surface area contributed by atoms with Gasteiger partial charge in [0.15, 0.2) is 5.76 Å². The van der Waals surface area contributed by atoms with E-state index >= 15 is 0 Å². The molecule has 3 aromatic carbocycles. The second-order valence-electron chi connectivity index (χ2n) is 6.27. The van der Waals surface area contributed by atoms with Crippen LogP contribution in [0, 0.1) is 0 Å². The summed E-state index contributed by atoms with van der Waals surface area (Å²) < 4.78 is 6.16. The number of amides is 1. The van der Waals surface area contributed by atoms with Gasteiger partial charge in [0.1, 0.15) is 5.69 Å². The molecule has 27 heavy (non-hydrogen) atoms. The lowest BCUT2D eigenvalue weighted by Gasteiger charge is -2.01. The van der Waals surface area contributed by atoms with E-state index in [4.69, 9.17) is 15.1 Å². The Morgan fingerprint density at radius 1 is 0.778 bits per heavy atom. The quantitative estimate of drug-likeness (QED) is 0.564. The van der Waals surface area contributed by atoms with Crippen LogP contribution in [-0.2, 0) is 11.2 Å². The summed E-state index contributed by atoms with van der Waals surface area (Å²) in [5.41, 5.74) is 9.74. The zero-order valence-corrected chi connectivity index (χ0v) is 14.6. The number of aromatic nitrogens is 1. The standard InChI is InChI=1S/C23H18N2O2/c24-20(26)15-16-11-13-19(14-12-16)23-25-21(17-7-3-1-4-8-17)22(27-23)18-9-5-2-6-10-18/h1-14H,15H2,(H2,24,26). The Bertz CT molecular complexity index is 996. The second-order valence-corrected chi connectivity index (χ2v) is 6.27. The van der Waals surface area contributed by atoms with Crippen molar-refractivity contribution in [1.82, 2.24) is 4.98 Å². The fourth-order valence-electron chi connectivity index (χ4n) is 2.99. The van der Waals surface area contributed by atoms with E-state index in [1.807, 2.05) is 84.9 Å². The van der Waals surface area contributed by atoms with Gasteiger partial charge in [0, 0.05) is 16.7 Å². The molecule has 0 aliphatic carbocycles. The summed E-state index contributed by atoms with van der Waals surface area (Å²) in [6, 6.07) is 27.5. The highest BCUT2D eigenvalue weighted by Gasteiger charge is 2.17. The van der Waals surface area contributed by atoms with Crippen LogP contribution in [0.5, 0.6) is 0 Å². The fraction of sp³-hybridized carbons (Fsp3) is 0.0435. The molecule has 4 heteroatoms. The van der Waals surface area contributed by atoms with E-state index in [2.05, 4.69) is 0 Å². The predicted molar refractivity (Wildman–Crippen MR) is 106 cm³/mol. The average Bonchev–Trinajstić information content (AvgIpc) is 3.15. The number of carbonyl (C=O) groups excluding carboxylic acids is 1. The van der Waals surface area contributed by atoms with Crippen molar-refractivity contribution < 1.29 is 9.21 Å². The zero-order valence-electron chi connectivity index (χ0n) is 14.6. The summed E-state index contributed by atoms with van der Waals surface area (Å²) in [7, 11) is 0. The lowest BCUT2D eigenvalue weighted by molar-refractivity contribution is -0.117. The van der Waals surface area contributed by atoms with Gasteiger partial charge in [0.25, 0.3) is 0 Å². The molecule has 1 aromatic heterocycles. The summed E-state index contributed by atoms with van der Waals surface area (Å²) in [4.78, 5) is 15.8. The van der Waals surface area contributed by atoms with Crippen molar-refractivity contribution in [3.8, 4) is 34.0 Å². The van der Waals surface area contributed by atoms with E-state index < -0.39 is 0 Å². The van der Waals surface area contributed by atoms with E-state index in [1.165, 1.54) is 0 Å². The Hall–Kier alpha value is -3.66. The molecule has 2 N–H and O–H groups in total. The molecule has 0 saturated heterocycles. The van der Waals surface area contributed by atoms with Crippen LogP contribution in [0.1, 0.15) is 5.56 Å². The first-order valence-electron chi connectivity index (χ1n) is 8.70.